The van der Waals surface area contributed by atoms with Crippen LogP contribution in [-0.4, -0.2) is 75.4 Å². The Balaban J connectivity index is 0.000000366. The van der Waals surface area contributed by atoms with Gasteiger partial charge in [0.25, 0.3) is 0 Å². The molecule has 0 atom stereocenters. The van der Waals surface area contributed by atoms with E-state index in [2.05, 4.69) is 0 Å². The largest absolute Gasteiger partial charge is 0.493 e. The number of benzene rings is 4. The molecular formula is C44H50ClO14-. The van der Waals surface area contributed by atoms with Crippen LogP contribution in [0.4, 0.5) is 0 Å². The van der Waals surface area contributed by atoms with Crippen molar-refractivity contribution in [2.24, 2.45) is 0 Å². The fourth-order valence-electron chi connectivity index (χ4n) is 5.02. The van der Waals surface area contributed by atoms with Crippen LogP contribution in [0.2, 0.25) is 0 Å². The molecule has 0 bridgehead atoms. The highest BCUT2D eigenvalue weighted by atomic mass is 35.7. The third-order valence-corrected chi connectivity index (χ3v) is 7.83. The van der Waals surface area contributed by atoms with Crippen molar-refractivity contribution in [3.05, 3.63) is 119 Å². The second-order valence-corrected chi connectivity index (χ2v) is 12.3. The third-order valence-electron chi connectivity index (χ3n) is 7.83. The molecule has 0 fully saturated rings. The molecule has 14 nitrogen and oxygen atoms in total. The minimum Gasteiger partial charge on any atom is -0.493 e. The van der Waals surface area contributed by atoms with Gasteiger partial charge >= 0.3 is 0 Å². The Labute approximate surface area is 347 Å². The van der Waals surface area contributed by atoms with E-state index in [0.717, 1.165) is 22.3 Å². The summed E-state index contributed by atoms with van der Waals surface area (Å²) < 4.78 is 81.9. The molecule has 0 N–H and O–H groups in total. The molecule has 0 saturated carbocycles. The predicted molar refractivity (Wildman–Crippen MR) is 215 cm³/mol. The summed E-state index contributed by atoms with van der Waals surface area (Å²) in [5.41, 5.74) is 3.69. The lowest BCUT2D eigenvalue weighted by molar-refractivity contribution is -2.00. The van der Waals surface area contributed by atoms with E-state index in [1.807, 2.05) is 79.8 Å². The van der Waals surface area contributed by atoms with Crippen molar-refractivity contribution in [3.63, 3.8) is 0 Å². The van der Waals surface area contributed by atoms with Crippen LogP contribution in [0.5, 0.6) is 46.0 Å². The standard InChI is InChI=1S/C23H28O5.C21H22O5.ClHO4/c1-6-28-19(11-7-17-9-13-20(24-2)22(15-17)26-4)12-8-18-10-14-21(25-3)23(16-18)27-5;1-23-18-11-7-15(13-20(18)25-3)5-9-17(22)10-6-16-8-12-19(24-2)21(14-16)26-4;2-1(3,4)5/h7-16,19H,6H2,1-5H3;5-14H,1-4H3;(H,2,3,4,5)/p-1. The zero-order valence-electron chi connectivity index (χ0n) is 34.4. The number of carbonyl (C=O) groups is 1. The van der Waals surface area contributed by atoms with Crippen LogP contribution in [0.25, 0.3) is 24.3 Å². The maximum atomic E-state index is 12.1. The molecule has 0 heterocycles. The quantitative estimate of drug-likeness (QED) is 0.130. The summed E-state index contributed by atoms with van der Waals surface area (Å²) in [5.74, 6) is 5.18. The fourth-order valence-corrected chi connectivity index (χ4v) is 5.02. The molecule has 0 spiro atoms. The van der Waals surface area contributed by atoms with Gasteiger partial charge in [-0.05, 0) is 89.9 Å². The molecule has 318 valence electrons. The Morgan fingerprint density at radius 3 is 0.966 bits per heavy atom. The van der Waals surface area contributed by atoms with E-state index in [1.54, 1.807) is 93.3 Å². The summed E-state index contributed by atoms with van der Waals surface area (Å²) in [6.45, 7) is 2.58. The first kappa shape index (κ1) is 49.1. The van der Waals surface area contributed by atoms with Gasteiger partial charge in [0.2, 0.25) is 0 Å². The van der Waals surface area contributed by atoms with E-state index in [4.69, 9.17) is 61.3 Å². The van der Waals surface area contributed by atoms with Crippen molar-refractivity contribution in [3.8, 4) is 46.0 Å². The molecule has 0 saturated heterocycles. The highest BCUT2D eigenvalue weighted by Gasteiger charge is 2.07. The predicted octanol–water partition coefficient (Wildman–Crippen LogP) is 4.11. The molecule has 0 unspecified atom stereocenters. The van der Waals surface area contributed by atoms with E-state index in [9.17, 15) is 4.79 Å². The van der Waals surface area contributed by atoms with E-state index < -0.39 is 10.2 Å². The highest BCUT2D eigenvalue weighted by Crippen LogP contribution is 2.31. The van der Waals surface area contributed by atoms with Crippen molar-refractivity contribution < 1.29 is 76.3 Å². The van der Waals surface area contributed by atoms with Crippen LogP contribution in [-0.2, 0) is 9.53 Å². The van der Waals surface area contributed by atoms with Gasteiger partial charge in [0.15, 0.2) is 51.8 Å². The monoisotopic (exact) mass is 837 g/mol. The fraction of sp³-hybridized carbons (Fsp3) is 0.250. The summed E-state index contributed by atoms with van der Waals surface area (Å²) in [6, 6.07) is 22.5. The average Bonchev–Trinajstić information content (AvgIpc) is 3.24. The number of carbonyl (C=O) groups excluding carboxylic acids is 1. The lowest BCUT2D eigenvalue weighted by atomic mass is 10.1. The minimum atomic E-state index is -4.94. The lowest BCUT2D eigenvalue weighted by Crippen LogP contribution is -2.68. The van der Waals surface area contributed by atoms with E-state index in [1.165, 1.54) is 12.2 Å². The van der Waals surface area contributed by atoms with Crippen molar-refractivity contribution in [2.75, 3.05) is 63.5 Å². The summed E-state index contributed by atoms with van der Waals surface area (Å²) in [5, 5.41) is 0. The Morgan fingerprint density at radius 1 is 0.475 bits per heavy atom. The first-order valence-electron chi connectivity index (χ1n) is 17.6. The number of rotatable bonds is 18. The van der Waals surface area contributed by atoms with Gasteiger partial charge in [0, 0.05) is 6.61 Å². The van der Waals surface area contributed by atoms with Crippen molar-refractivity contribution in [1.29, 1.82) is 0 Å². The molecule has 4 rings (SSSR count). The van der Waals surface area contributed by atoms with Gasteiger partial charge in [-0.15, -0.1) is 10.2 Å². The van der Waals surface area contributed by atoms with Crippen LogP contribution < -0.4 is 56.5 Å². The molecule has 59 heavy (non-hydrogen) atoms. The first-order chi connectivity index (χ1) is 28.2. The van der Waals surface area contributed by atoms with Crippen molar-refractivity contribution >= 4 is 30.1 Å². The van der Waals surface area contributed by atoms with Crippen LogP contribution in [0, 0.1) is 10.2 Å². The number of hydrogen-bond acceptors (Lipinski definition) is 14. The molecule has 4 aromatic rings. The van der Waals surface area contributed by atoms with Gasteiger partial charge in [-0.25, -0.2) is 18.6 Å². The topological polar surface area (TPSA) is 192 Å². The molecule has 0 aliphatic heterocycles. The van der Waals surface area contributed by atoms with Crippen LogP contribution >= 0.6 is 0 Å². The highest BCUT2D eigenvalue weighted by molar-refractivity contribution is 6.04. The zero-order valence-corrected chi connectivity index (χ0v) is 35.2. The zero-order chi connectivity index (χ0) is 43.8. The number of hydrogen-bond donors (Lipinski definition) is 0. The Hall–Kier alpha value is -6.00. The third kappa shape index (κ3) is 18.0. The average molecular weight is 838 g/mol. The number of methoxy groups -OCH3 is 8. The summed E-state index contributed by atoms with van der Waals surface area (Å²) >= 11 is 0. The van der Waals surface area contributed by atoms with Crippen LogP contribution in [0.3, 0.4) is 0 Å². The molecule has 0 aliphatic rings. The van der Waals surface area contributed by atoms with Gasteiger partial charge in [-0.2, -0.15) is 0 Å². The molecule has 0 radical (unpaired) electrons. The Bertz CT molecular complexity index is 1880. The molecular weight excluding hydrogens is 788 g/mol. The summed E-state index contributed by atoms with van der Waals surface area (Å²) in [4.78, 5) is 12.1. The van der Waals surface area contributed by atoms with Gasteiger partial charge in [0.1, 0.15) is 0 Å². The number of halogens is 1. The second kappa shape index (κ2) is 26.1. The SMILES string of the molecule is CCOC(C=Cc1ccc(OC)c(OC)c1)C=Cc1ccc(OC)c(OC)c1.COc1ccc(C=CC(=O)C=Cc2ccc(OC)c(OC)c2)cc1OC.[O-][Cl+3]([O-])([O-])[O-]. The number of ketones is 1. The maximum absolute atomic E-state index is 12.1. The second-order valence-electron chi connectivity index (χ2n) is 11.5. The van der Waals surface area contributed by atoms with Gasteiger partial charge in [-0.3, -0.25) is 4.79 Å². The summed E-state index contributed by atoms with van der Waals surface area (Å²) in [7, 11) is 7.85. The maximum Gasteiger partial charge on any atom is 0.178 e. The van der Waals surface area contributed by atoms with Gasteiger partial charge in [-0.1, -0.05) is 60.7 Å². The molecule has 0 amide bonds. The van der Waals surface area contributed by atoms with Crippen LogP contribution in [0.1, 0.15) is 29.2 Å². The number of ether oxygens (including phenoxy) is 9. The number of allylic oxidation sites excluding steroid dienone is 2. The lowest BCUT2D eigenvalue weighted by Gasteiger charge is -2.17. The Kier molecular flexibility index (Phi) is 21.7. The van der Waals surface area contributed by atoms with Crippen LogP contribution in [0.15, 0.2) is 97.1 Å². The minimum absolute atomic E-state index is 0.130. The molecule has 0 aromatic heterocycles. The molecule has 0 aliphatic carbocycles. The smallest absolute Gasteiger partial charge is 0.178 e. The molecule has 15 heteroatoms. The van der Waals surface area contributed by atoms with Gasteiger partial charge in [0.05, 0.1) is 63.0 Å². The van der Waals surface area contributed by atoms with Crippen molar-refractivity contribution in [2.45, 2.75) is 13.0 Å². The van der Waals surface area contributed by atoms with Crippen molar-refractivity contribution in [1.82, 2.24) is 0 Å². The van der Waals surface area contributed by atoms with Gasteiger partial charge < -0.3 is 42.6 Å². The Morgan fingerprint density at radius 2 is 0.729 bits per heavy atom. The normalized spacial score (nSPS) is 11.7. The first-order valence-corrected chi connectivity index (χ1v) is 18.9. The van der Waals surface area contributed by atoms with E-state index in [0.29, 0.717) is 52.6 Å². The van der Waals surface area contributed by atoms with E-state index >= 15 is 0 Å². The molecule has 4 aromatic carbocycles. The summed E-state index contributed by atoms with van der Waals surface area (Å²) in [6.07, 6.45) is 14.3. The van der Waals surface area contributed by atoms with E-state index in [-0.39, 0.29) is 11.9 Å².